The second-order valence-electron chi connectivity index (χ2n) is 4.10. The molecule has 0 saturated heterocycles. The largest absolute Gasteiger partial charge is 0.478 e. The molecule has 2 rings (SSSR count). The molecule has 0 aliphatic rings. The van der Waals surface area contributed by atoms with Crippen LogP contribution in [0.5, 0.6) is 0 Å². The standard InChI is InChI=1S/C14H13N3O2/c1-2-5-13-11(14(18)19)9-16-17(13)12-7-4-3-6-10(12)8-15/h3-4,6-7,9H,2,5H2,1H3,(H,18,19). The van der Waals surface area contributed by atoms with E-state index in [4.69, 9.17) is 10.4 Å². The zero-order valence-corrected chi connectivity index (χ0v) is 10.5. The van der Waals surface area contributed by atoms with Gasteiger partial charge in [-0.25, -0.2) is 9.48 Å². The van der Waals surface area contributed by atoms with Gasteiger partial charge in [0.25, 0.3) is 0 Å². The van der Waals surface area contributed by atoms with Crippen LogP contribution in [0.25, 0.3) is 5.69 Å². The van der Waals surface area contributed by atoms with E-state index in [1.54, 1.807) is 28.9 Å². The maximum atomic E-state index is 11.2. The summed E-state index contributed by atoms with van der Waals surface area (Å²) in [5.74, 6) is -0.996. The number of para-hydroxylation sites is 1. The average Bonchev–Trinajstić information content (AvgIpc) is 2.83. The van der Waals surface area contributed by atoms with Crippen molar-refractivity contribution >= 4 is 5.97 Å². The molecule has 0 bridgehead atoms. The summed E-state index contributed by atoms with van der Waals surface area (Å²) in [5, 5.41) is 22.4. The first-order chi connectivity index (χ1) is 9.19. The zero-order valence-electron chi connectivity index (χ0n) is 10.5. The van der Waals surface area contributed by atoms with Gasteiger partial charge in [0.1, 0.15) is 11.6 Å². The highest BCUT2D eigenvalue weighted by Crippen LogP contribution is 2.19. The fraction of sp³-hybridized carbons (Fsp3) is 0.214. The lowest BCUT2D eigenvalue weighted by Crippen LogP contribution is -2.07. The molecule has 1 aromatic carbocycles. The van der Waals surface area contributed by atoms with Crippen molar-refractivity contribution in [3.8, 4) is 11.8 Å². The van der Waals surface area contributed by atoms with E-state index in [-0.39, 0.29) is 5.56 Å². The highest BCUT2D eigenvalue weighted by Gasteiger charge is 2.18. The van der Waals surface area contributed by atoms with Gasteiger partial charge in [-0.05, 0) is 18.6 Å². The fourth-order valence-electron chi connectivity index (χ4n) is 1.99. The van der Waals surface area contributed by atoms with E-state index in [0.717, 1.165) is 6.42 Å². The van der Waals surface area contributed by atoms with Crippen LogP contribution in [0, 0.1) is 11.3 Å². The summed E-state index contributed by atoms with van der Waals surface area (Å²) in [5.41, 5.74) is 1.90. The molecule has 1 N–H and O–H groups in total. The van der Waals surface area contributed by atoms with Crippen LogP contribution >= 0.6 is 0 Å². The number of rotatable bonds is 4. The van der Waals surface area contributed by atoms with Crippen LogP contribution in [-0.4, -0.2) is 20.9 Å². The molecule has 5 nitrogen and oxygen atoms in total. The number of benzene rings is 1. The van der Waals surface area contributed by atoms with Gasteiger partial charge < -0.3 is 5.11 Å². The van der Waals surface area contributed by atoms with Gasteiger partial charge in [-0.3, -0.25) is 0 Å². The predicted molar refractivity (Wildman–Crippen MR) is 69.2 cm³/mol. The third-order valence-electron chi connectivity index (χ3n) is 2.84. The van der Waals surface area contributed by atoms with E-state index in [9.17, 15) is 4.79 Å². The van der Waals surface area contributed by atoms with E-state index < -0.39 is 5.97 Å². The Morgan fingerprint density at radius 2 is 2.21 bits per heavy atom. The lowest BCUT2D eigenvalue weighted by atomic mass is 10.1. The van der Waals surface area contributed by atoms with Crippen LogP contribution in [-0.2, 0) is 6.42 Å². The van der Waals surface area contributed by atoms with Crippen molar-refractivity contribution < 1.29 is 9.90 Å². The van der Waals surface area contributed by atoms with Crippen LogP contribution < -0.4 is 0 Å². The van der Waals surface area contributed by atoms with Crippen molar-refractivity contribution in [2.24, 2.45) is 0 Å². The first kappa shape index (κ1) is 12.8. The van der Waals surface area contributed by atoms with Gasteiger partial charge in [0.2, 0.25) is 0 Å². The Kier molecular flexibility index (Phi) is 3.62. The first-order valence-electron chi connectivity index (χ1n) is 5.98. The summed E-state index contributed by atoms with van der Waals surface area (Å²) in [6.45, 7) is 1.97. The van der Waals surface area contributed by atoms with E-state index in [0.29, 0.717) is 23.4 Å². The molecule has 0 aliphatic heterocycles. The third kappa shape index (κ3) is 2.33. The molecule has 0 unspecified atom stereocenters. The van der Waals surface area contributed by atoms with Crippen molar-refractivity contribution in [1.29, 1.82) is 5.26 Å². The van der Waals surface area contributed by atoms with Crippen LogP contribution in [0.15, 0.2) is 30.5 Å². The predicted octanol–water partition coefficient (Wildman–Crippen LogP) is 2.39. The molecule has 1 aromatic heterocycles. The lowest BCUT2D eigenvalue weighted by molar-refractivity contribution is 0.0695. The van der Waals surface area contributed by atoms with Gasteiger partial charge in [-0.2, -0.15) is 10.4 Å². The number of carboxylic acid groups (broad SMARTS) is 1. The van der Waals surface area contributed by atoms with Gasteiger partial charge in [0.05, 0.1) is 23.1 Å². The molecule has 0 atom stereocenters. The number of hydrogen-bond donors (Lipinski definition) is 1. The molecule has 1 heterocycles. The van der Waals surface area contributed by atoms with Crippen molar-refractivity contribution in [1.82, 2.24) is 9.78 Å². The summed E-state index contributed by atoms with van der Waals surface area (Å²) in [6.07, 6.45) is 2.74. The fourth-order valence-corrected chi connectivity index (χ4v) is 1.99. The van der Waals surface area contributed by atoms with Crippen LogP contribution in [0.4, 0.5) is 0 Å². The monoisotopic (exact) mass is 255 g/mol. The molecule has 0 saturated carbocycles. The Bertz CT molecular complexity index is 653. The minimum atomic E-state index is -0.996. The van der Waals surface area contributed by atoms with Crippen molar-refractivity contribution in [2.45, 2.75) is 19.8 Å². The number of nitriles is 1. The van der Waals surface area contributed by atoms with Crippen LogP contribution in [0.1, 0.15) is 35.0 Å². The molecular formula is C14H13N3O2. The highest BCUT2D eigenvalue weighted by atomic mass is 16.4. The van der Waals surface area contributed by atoms with Gasteiger partial charge in [0.15, 0.2) is 0 Å². The summed E-state index contributed by atoms with van der Waals surface area (Å²) in [4.78, 5) is 11.2. The van der Waals surface area contributed by atoms with E-state index in [2.05, 4.69) is 11.2 Å². The quantitative estimate of drug-likeness (QED) is 0.909. The molecule has 2 aromatic rings. The maximum Gasteiger partial charge on any atom is 0.339 e. The first-order valence-corrected chi connectivity index (χ1v) is 5.98. The number of aromatic carboxylic acids is 1. The molecule has 19 heavy (non-hydrogen) atoms. The smallest absolute Gasteiger partial charge is 0.339 e. The number of carboxylic acids is 1. The normalized spacial score (nSPS) is 10.1. The molecule has 5 heteroatoms. The van der Waals surface area contributed by atoms with E-state index >= 15 is 0 Å². The number of nitrogens with zero attached hydrogens (tertiary/aromatic N) is 3. The third-order valence-corrected chi connectivity index (χ3v) is 2.84. The van der Waals surface area contributed by atoms with Crippen molar-refractivity contribution in [3.63, 3.8) is 0 Å². The summed E-state index contributed by atoms with van der Waals surface area (Å²) >= 11 is 0. The average molecular weight is 255 g/mol. The molecule has 0 amide bonds. The van der Waals surface area contributed by atoms with Crippen LogP contribution in [0.3, 0.4) is 0 Å². The van der Waals surface area contributed by atoms with Gasteiger partial charge >= 0.3 is 5.97 Å². The Balaban J connectivity index is 2.63. The molecule has 0 fully saturated rings. The minimum absolute atomic E-state index is 0.189. The van der Waals surface area contributed by atoms with Crippen LogP contribution in [0.2, 0.25) is 0 Å². The van der Waals surface area contributed by atoms with Crippen molar-refractivity contribution in [2.75, 3.05) is 0 Å². The number of carbonyl (C=O) groups is 1. The van der Waals surface area contributed by atoms with Gasteiger partial charge in [0, 0.05) is 0 Å². The second kappa shape index (κ2) is 5.36. The van der Waals surface area contributed by atoms with Gasteiger partial charge in [-0.1, -0.05) is 25.5 Å². The summed E-state index contributed by atoms with van der Waals surface area (Å²) in [6, 6.07) is 9.11. The molecule has 0 spiro atoms. The summed E-state index contributed by atoms with van der Waals surface area (Å²) in [7, 11) is 0. The Hall–Kier alpha value is -2.61. The maximum absolute atomic E-state index is 11.2. The Morgan fingerprint density at radius 1 is 1.47 bits per heavy atom. The minimum Gasteiger partial charge on any atom is -0.478 e. The SMILES string of the molecule is CCCc1c(C(=O)O)cnn1-c1ccccc1C#N. The van der Waals surface area contributed by atoms with E-state index in [1.165, 1.54) is 6.20 Å². The van der Waals surface area contributed by atoms with Gasteiger partial charge in [-0.15, -0.1) is 0 Å². The molecule has 96 valence electrons. The molecule has 0 radical (unpaired) electrons. The molecular weight excluding hydrogens is 242 g/mol. The molecule has 0 aliphatic carbocycles. The summed E-state index contributed by atoms with van der Waals surface area (Å²) < 4.78 is 1.55. The topological polar surface area (TPSA) is 78.9 Å². The highest BCUT2D eigenvalue weighted by molar-refractivity contribution is 5.88. The number of aromatic nitrogens is 2. The second-order valence-corrected chi connectivity index (χ2v) is 4.10. The number of hydrogen-bond acceptors (Lipinski definition) is 3. The van der Waals surface area contributed by atoms with E-state index in [1.807, 2.05) is 6.92 Å². The van der Waals surface area contributed by atoms with Crippen molar-refractivity contribution in [3.05, 3.63) is 47.3 Å². The Morgan fingerprint density at radius 3 is 2.84 bits per heavy atom. The Labute approximate surface area is 110 Å². The zero-order chi connectivity index (χ0) is 13.8. The lowest BCUT2D eigenvalue weighted by Gasteiger charge is -2.09.